The van der Waals surface area contributed by atoms with Crippen molar-refractivity contribution in [1.82, 2.24) is 0 Å². The summed E-state index contributed by atoms with van der Waals surface area (Å²) in [6, 6.07) is 11.9. The molecule has 0 spiro atoms. The average Bonchev–Trinajstić information content (AvgIpc) is 2.52. The Bertz CT molecular complexity index is 700. The van der Waals surface area contributed by atoms with E-state index in [0.717, 1.165) is 11.3 Å². The number of halogens is 3. The van der Waals surface area contributed by atoms with Crippen molar-refractivity contribution in [2.75, 3.05) is 12.4 Å². The Morgan fingerprint density at radius 2 is 1.60 bits per heavy atom. The molecule has 2 aromatic rings. The molecule has 136 valence electrons. The van der Waals surface area contributed by atoms with Gasteiger partial charge in [0.05, 0.1) is 12.7 Å². The summed E-state index contributed by atoms with van der Waals surface area (Å²) in [7, 11) is 1.59. The molecule has 0 aliphatic carbocycles. The van der Waals surface area contributed by atoms with Crippen LogP contribution >= 0.6 is 0 Å². The topological polar surface area (TPSA) is 21.3 Å². The lowest BCUT2D eigenvalue weighted by molar-refractivity contribution is -0.138. The summed E-state index contributed by atoms with van der Waals surface area (Å²) in [4.78, 5) is 0. The lowest BCUT2D eigenvalue weighted by Gasteiger charge is -2.22. The van der Waals surface area contributed by atoms with Gasteiger partial charge in [-0.1, -0.05) is 39.0 Å². The van der Waals surface area contributed by atoms with Crippen LogP contribution in [0, 0.1) is 5.41 Å². The third kappa shape index (κ3) is 5.69. The molecular formula is C20H24F3NO. The second kappa shape index (κ2) is 7.38. The minimum atomic E-state index is -4.36. The first-order chi connectivity index (χ1) is 11.6. The van der Waals surface area contributed by atoms with Crippen LogP contribution < -0.4 is 10.1 Å². The highest BCUT2D eigenvalue weighted by atomic mass is 19.4. The van der Waals surface area contributed by atoms with Crippen LogP contribution in [-0.2, 0) is 19.1 Å². The van der Waals surface area contributed by atoms with Crippen LogP contribution in [0.3, 0.4) is 0 Å². The third-order valence-electron chi connectivity index (χ3n) is 3.79. The molecule has 0 heterocycles. The Hall–Kier alpha value is -2.17. The Kier molecular flexibility index (Phi) is 5.65. The fraction of sp³-hybridized carbons (Fsp3) is 0.400. The van der Waals surface area contributed by atoms with Crippen molar-refractivity contribution in [2.24, 2.45) is 5.41 Å². The summed E-state index contributed by atoms with van der Waals surface area (Å²) in [5, 5.41) is 3.06. The molecule has 0 radical (unpaired) electrons. The van der Waals surface area contributed by atoms with E-state index in [2.05, 4.69) is 5.32 Å². The maximum absolute atomic E-state index is 13.4. The van der Waals surface area contributed by atoms with Gasteiger partial charge < -0.3 is 10.1 Å². The van der Waals surface area contributed by atoms with Crippen molar-refractivity contribution < 1.29 is 17.9 Å². The van der Waals surface area contributed by atoms with E-state index in [1.165, 1.54) is 6.07 Å². The highest BCUT2D eigenvalue weighted by Gasteiger charge is 2.34. The van der Waals surface area contributed by atoms with Crippen LogP contribution in [0.25, 0.3) is 0 Å². The standard InChI is InChI=1S/C20H24F3NO/c1-19(2,3)12-15-7-8-16(11-18(15)20(21,22)23)24-13-14-5-9-17(25-4)10-6-14/h5-11,24H,12-13H2,1-4H3. The molecule has 0 atom stereocenters. The molecule has 0 aromatic heterocycles. The molecule has 5 heteroatoms. The van der Waals surface area contributed by atoms with Gasteiger partial charge in [-0.2, -0.15) is 13.2 Å². The molecule has 2 nitrogen and oxygen atoms in total. The summed E-state index contributed by atoms with van der Waals surface area (Å²) in [5.41, 5.74) is 0.976. The highest BCUT2D eigenvalue weighted by molar-refractivity contribution is 5.50. The number of rotatable bonds is 5. The van der Waals surface area contributed by atoms with E-state index in [1.807, 2.05) is 45.0 Å². The molecule has 25 heavy (non-hydrogen) atoms. The van der Waals surface area contributed by atoms with Gasteiger partial charge in [0.25, 0.3) is 0 Å². The van der Waals surface area contributed by atoms with Crippen LogP contribution in [0.2, 0.25) is 0 Å². The minimum Gasteiger partial charge on any atom is -0.497 e. The third-order valence-corrected chi connectivity index (χ3v) is 3.79. The molecule has 0 fully saturated rings. The van der Waals surface area contributed by atoms with Crippen molar-refractivity contribution in [3.8, 4) is 5.75 Å². The van der Waals surface area contributed by atoms with Crippen LogP contribution in [0.5, 0.6) is 5.75 Å². The van der Waals surface area contributed by atoms with E-state index >= 15 is 0 Å². The molecule has 0 saturated heterocycles. The van der Waals surface area contributed by atoms with Gasteiger partial charge >= 0.3 is 6.18 Å². The maximum atomic E-state index is 13.4. The van der Waals surface area contributed by atoms with Gasteiger partial charge in [0, 0.05) is 12.2 Å². The zero-order valence-electron chi connectivity index (χ0n) is 15.0. The summed E-state index contributed by atoms with van der Waals surface area (Å²) < 4.78 is 45.3. The lowest BCUT2D eigenvalue weighted by Crippen LogP contribution is -2.16. The van der Waals surface area contributed by atoms with Crippen LogP contribution in [0.1, 0.15) is 37.5 Å². The zero-order valence-corrected chi connectivity index (χ0v) is 15.0. The quantitative estimate of drug-likeness (QED) is 0.722. The number of hydrogen-bond acceptors (Lipinski definition) is 2. The van der Waals surface area contributed by atoms with E-state index in [4.69, 9.17) is 4.74 Å². The molecule has 0 saturated carbocycles. The smallest absolute Gasteiger partial charge is 0.416 e. The number of ether oxygens (including phenoxy) is 1. The predicted octanol–water partition coefficient (Wildman–Crippen LogP) is 5.91. The molecule has 2 rings (SSSR count). The van der Waals surface area contributed by atoms with Gasteiger partial charge in [-0.3, -0.25) is 0 Å². The Balaban J connectivity index is 2.18. The fourth-order valence-electron chi connectivity index (χ4n) is 2.62. The van der Waals surface area contributed by atoms with Gasteiger partial charge in [-0.05, 0) is 47.2 Å². The number of alkyl halides is 3. The van der Waals surface area contributed by atoms with E-state index < -0.39 is 11.7 Å². The van der Waals surface area contributed by atoms with Gasteiger partial charge in [0.1, 0.15) is 5.75 Å². The molecule has 2 aromatic carbocycles. The monoisotopic (exact) mass is 351 g/mol. The molecule has 1 N–H and O–H groups in total. The Morgan fingerprint density at radius 3 is 2.12 bits per heavy atom. The summed E-state index contributed by atoms with van der Waals surface area (Å²) in [5.74, 6) is 0.745. The average molecular weight is 351 g/mol. The Labute approximate surface area is 147 Å². The zero-order chi connectivity index (χ0) is 18.7. The summed E-state index contributed by atoms with van der Waals surface area (Å²) >= 11 is 0. The predicted molar refractivity (Wildman–Crippen MR) is 94.9 cm³/mol. The van der Waals surface area contributed by atoms with Crippen molar-refractivity contribution >= 4 is 5.69 Å². The van der Waals surface area contributed by atoms with Gasteiger partial charge in [0.15, 0.2) is 0 Å². The number of hydrogen-bond donors (Lipinski definition) is 1. The maximum Gasteiger partial charge on any atom is 0.416 e. The van der Waals surface area contributed by atoms with Gasteiger partial charge in [-0.25, -0.2) is 0 Å². The molecule has 0 aliphatic heterocycles. The number of methoxy groups -OCH3 is 1. The molecule has 0 bridgehead atoms. The molecular weight excluding hydrogens is 327 g/mol. The lowest BCUT2D eigenvalue weighted by atomic mass is 9.86. The highest BCUT2D eigenvalue weighted by Crippen LogP contribution is 2.36. The molecule has 0 amide bonds. The molecule has 0 aliphatic rings. The number of anilines is 1. The van der Waals surface area contributed by atoms with Crippen LogP contribution in [-0.4, -0.2) is 7.11 Å². The van der Waals surface area contributed by atoms with E-state index in [1.54, 1.807) is 19.2 Å². The van der Waals surface area contributed by atoms with E-state index in [0.29, 0.717) is 24.2 Å². The molecule has 0 unspecified atom stereocenters. The van der Waals surface area contributed by atoms with E-state index in [9.17, 15) is 13.2 Å². The van der Waals surface area contributed by atoms with E-state index in [-0.39, 0.29) is 5.41 Å². The normalized spacial score (nSPS) is 12.1. The van der Waals surface area contributed by atoms with Crippen molar-refractivity contribution in [3.63, 3.8) is 0 Å². The SMILES string of the molecule is COc1ccc(CNc2ccc(CC(C)(C)C)c(C(F)(F)F)c2)cc1. The van der Waals surface area contributed by atoms with Gasteiger partial charge in [-0.15, -0.1) is 0 Å². The number of benzene rings is 2. The summed E-state index contributed by atoms with van der Waals surface area (Å²) in [6.45, 7) is 6.24. The second-order valence-corrected chi connectivity index (χ2v) is 7.31. The van der Waals surface area contributed by atoms with Gasteiger partial charge in [0.2, 0.25) is 0 Å². The first kappa shape index (κ1) is 19.2. The minimum absolute atomic E-state index is 0.210. The first-order valence-electron chi connectivity index (χ1n) is 8.15. The van der Waals surface area contributed by atoms with Crippen molar-refractivity contribution in [1.29, 1.82) is 0 Å². The van der Waals surface area contributed by atoms with Crippen molar-refractivity contribution in [2.45, 2.75) is 39.9 Å². The fourth-order valence-corrected chi connectivity index (χ4v) is 2.62. The van der Waals surface area contributed by atoms with Crippen molar-refractivity contribution in [3.05, 3.63) is 59.2 Å². The largest absolute Gasteiger partial charge is 0.497 e. The number of nitrogens with one attached hydrogen (secondary N) is 1. The Morgan fingerprint density at radius 1 is 0.960 bits per heavy atom. The van der Waals surface area contributed by atoms with Crippen LogP contribution in [0.4, 0.5) is 18.9 Å². The first-order valence-corrected chi connectivity index (χ1v) is 8.15. The van der Waals surface area contributed by atoms with Crippen LogP contribution in [0.15, 0.2) is 42.5 Å². The summed E-state index contributed by atoms with van der Waals surface area (Å²) in [6.07, 6.45) is -3.99. The second-order valence-electron chi connectivity index (χ2n) is 7.31.